The molecule has 4 atom stereocenters. The van der Waals surface area contributed by atoms with Crippen molar-refractivity contribution in [2.24, 2.45) is 5.92 Å². The van der Waals surface area contributed by atoms with E-state index in [9.17, 15) is 9.59 Å². The maximum atomic E-state index is 12.7. The molecule has 1 aromatic rings. The Morgan fingerprint density at radius 1 is 1.38 bits per heavy atom. The first-order valence-corrected chi connectivity index (χ1v) is 11.4. The predicted octanol–water partition coefficient (Wildman–Crippen LogP) is 4.42. The van der Waals surface area contributed by atoms with Gasteiger partial charge in [0.2, 0.25) is 0 Å². The summed E-state index contributed by atoms with van der Waals surface area (Å²) in [4.78, 5) is 24.6. The number of carbonyl (C=O) groups is 2. The number of hydrogen-bond donors (Lipinski definition) is 1. The molecule has 29 heavy (non-hydrogen) atoms. The van der Waals surface area contributed by atoms with Crippen molar-refractivity contribution in [2.75, 3.05) is 13.7 Å². The molecule has 1 N–H and O–H groups in total. The number of rotatable bonds is 6. The van der Waals surface area contributed by atoms with Gasteiger partial charge >= 0.3 is 5.97 Å². The Morgan fingerprint density at radius 2 is 2.14 bits per heavy atom. The largest absolute Gasteiger partial charge is 0.493 e. The van der Waals surface area contributed by atoms with Crippen molar-refractivity contribution in [3.05, 3.63) is 21.7 Å². The molecule has 1 spiro atoms. The van der Waals surface area contributed by atoms with Crippen LogP contribution in [-0.4, -0.2) is 31.4 Å². The maximum Gasteiger partial charge on any atom is 0.308 e. The lowest BCUT2D eigenvalue weighted by Gasteiger charge is -2.46. The molecule has 0 aromatic heterocycles. The van der Waals surface area contributed by atoms with Gasteiger partial charge in [0.15, 0.2) is 11.5 Å². The van der Waals surface area contributed by atoms with Crippen molar-refractivity contribution in [2.45, 2.75) is 76.2 Å². The number of fused-ring (bicyclic) bond motifs is 3. The first-order chi connectivity index (χ1) is 13.8. The number of ether oxygens (including phenoxy) is 2. The highest BCUT2D eigenvalue weighted by atomic mass is 79.9. The smallest absolute Gasteiger partial charge is 0.308 e. The van der Waals surface area contributed by atoms with Crippen molar-refractivity contribution in [1.29, 1.82) is 0 Å². The highest BCUT2D eigenvalue weighted by Crippen LogP contribution is 2.70. The Labute approximate surface area is 181 Å². The fraction of sp³-hybridized carbons (Fsp3) is 0.652. The Balaban J connectivity index is 1.93. The quantitative estimate of drug-likeness (QED) is 0.384. The minimum absolute atomic E-state index is 0.127. The van der Waals surface area contributed by atoms with Crippen LogP contribution in [0.4, 0.5) is 0 Å². The van der Waals surface area contributed by atoms with E-state index >= 15 is 0 Å². The number of nitrogens with one attached hydrogen (secondary N) is 1. The second-order valence-electron chi connectivity index (χ2n) is 9.13. The summed E-state index contributed by atoms with van der Waals surface area (Å²) in [6, 6.07) is 2.21. The normalized spacial score (nSPS) is 32.1. The number of esters is 1. The minimum atomic E-state index is -0.367. The molecule has 2 fully saturated rings. The van der Waals surface area contributed by atoms with E-state index in [4.69, 9.17) is 9.47 Å². The highest BCUT2D eigenvalue weighted by Gasteiger charge is 2.69. The molecule has 3 unspecified atom stereocenters. The molecular weight excluding hydrogens is 434 g/mol. The van der Waals surface area contributed by atoms with Gasteiger partial charge in [0, 0.05) is 46.7 Å². The molecule has 2 bridgehead atoms. The summed E-state index contributed by atoms with van der Waals surface area (Å²) in [7, 11) is 1.59. The predicted molar refractivity (Wildman–Crippen MR) is 115 cm³/mol. The summed E-state index contributed by atoms with van der Waals surface area (Å²) in [5, 5.41) is 3.85. The van der Waals surface area contributed by atoms with Gasteiger partial charge < -0.3 is 14.8 Å². The van der Waals surface area contributed by atoms with Gasteiger partial charge in [-0.3, -0.25) is 9.59 Å². The fourth-order valence-corrected chi connectivity index (χ4v) is 7.36. The van der Waals surface area contributed by atoms with Gasteiger partial charge in [-0.15, -0.1) is 0 Å². The van der Waals surface area contributed by atoms with Crippen LogP contribution in [0.2, 0.25) is 0 Å². The Bertz CT molecular complexity index is 869. The lowest BCUT2D eigenvalue weighted by atomic mass is 9.61. The standard InChI is InChI=1S/C23H30BrNO4/c1-5-6-9-25-21-15-8-7-14(27)11-23(15)12-22(21,3)18-16(24)10-17(28-4)20(19(18)23)29-13(2)26/h10,15,21,25H,5-9,11-12H2,1-4H3/t15?,21?,22?,23-/m0/s1. The molecule has 2 saturated carbocycles. The van der Waals surface area contributed by atoms with Crippen LogP contribution >= 0.6 is 15.9 Å². The van der Waals surface area contributed by atoms with E-state index in [1.165, 1.54) is 12.5 Å². The molecule has 0 saturated heterocycles. The number of benzene rings is 1. The highest BCUT2D eigenvalue weighted by molar-refractivity contribution is 9.10. The number of methoxy groups -OCH3 is 1. The van der Waals surface area contributed by atoms with Crippen LogP contribution in [0.3, 0.4) is 0 Å². The van der Waals surface area contributed by atoms with Gasteiger partial charge in [-0.1, -0.05) is 36.2 Å². The second-order valence-corrected chi connectivity index (χ2v) is 9.98. The van der Waals surface area contributed by atoms with Crippen LogP contribution in [0.1, 0.15) is 70.4 Å². The number of hydrogen-bond acceptors (Lipinski definition) is 5. The molecule has 0 radical (unpaired) electrons. The maximum absolute atomic E-state index is 12.7. The van der Waals surface area contributed by atoms with E-state index in [0.717, 1.165) is 42.3 Å². The minimum Gasteiger partial charge on any atom is -0.493 e. The molecule has 3 aliphatic rings. The summed E-state index contributed by atoms with van der Waals surface area (Å²) in [6.45, 7) is 6.91. The zero-order valence-corrected chi connectivity index (χ0v) is 19.3. The lowest BCUT2D eigenvalue weighted by molar-refractivity contribution is -0.132. The van der Waals surface area contributed by atoms with E-state index in [1.807, 2.05) is 6.07 Å². The molecule has 5 nitrogen and oxygen atoms in total. The Kier molecular flexibility index (Phi) is 5.31. The summed E-state index contributed by atoms with van der Waals surface area (Å²) >= 11 is 3.78. The van der Waals surface area contributed by atoms with Crippen LogP contribution in [0.25, 0.3) is 0 Å². The molecular formula is C23H30BrNO4. The van der Waals surface area contributed by atoms with Crippen LogP contribution < -0.4 is 14.8 Å². The molecule has 0 aliphatic heterocycles. The lowest BCUT2D eigenvalue weighted by Crippen LogP contribution is -2.53. The number of unbranched alkanes of at least 4 members (excludes halogenated alkanes) is 1. The van der Waals surface area contributed by atoms with E-state index < -0.39 is 0 Å². The molecule has 4 rings (SSSR count). The fourth-order valence-electron chi connectivity index (χ4n) is 6.50. The SMILES string of the molecule is CCCCNC1C2CCC(=O)C[C@]23CC1(C)c1c(Br)cc(OC)c(OC(C)=O)c13. The number of Topliss-reactive ketones (excluding diaryl/α,β-unsaturated/α-hetero) is 1. The zero-order valence-electron chi connectivity index (χ0n) is 17.7. The first kappa shape index (κ1) is 20.9. The first-order valence-electron chi connectivity index (χ1n) is 10.6. The van der Waals surface area contributed by atoms with Gasteiger partial charge in [0.25, 0.3) is 0 Å². The van der Waals surface area contributed by atoms with Gasteiger partial charge in [0.05, 0.1) is 7.11 Å². The van der Waals surface area contributed by atoms with Gasteiger partial charge in [-0.05, 0) is 43.4 Å². The topological polar surface area (TPSA) is 64.6 Å². The zero-order chi connectivity index (χ0) is 21.0. The number of carbonyl (C=O) groups excluding carboxylic acids is 2. The average molecular weight is 464 g/mol. The van der Waals surface area contributed by atoms with E-state index in [2.05, 4.69) is 35.1 Å². The van der Waals surface area contributed by atoms with Crippen molar-refractivity contribution in [1.82, 2.24) is 5.32 Å². The number of ketones is 1. The average Bonchev–Trinajstić information content (AvgIpc) is 3.06. The van der Waals surface area contributed by atoms with Crippen molar-refractivity contribution in [3.63, 3.8) is 0 Å². The Hall–Kier alpha value is -1.40. The van der Waals surface area contributed by atoms with Crippen LogP contribution in [0.15, 0.2) is 10.5 Å². The van der Waals surface area contributed by atoms with Crippen LogP contribution in [0.5, 0.6) is 11.5 Å². The molecule has 3 aliphatic carbocycles. The molecule has 158 valence electrons. The van der Waals surface area contributed by atoms with Crippen molar-refractivity contribution >= 4 is 27.7 Å². The van der Waals surface area contributed by atoms with Crippen molar-refractivity contribution < 1.29 is 19.1 Å². The van der Waals surface area contributed by atoms with Gasteiger partial charge in [-0.2, -0.15) is 0 Å². The Morgan fingerprint density at radius 3 is 2.79 bits per heavy atom. The summed E-state index contributed by atoms with van der Waals surface area (Å²) in [5.41, 5.74) is 1.77. The second kappa shape index (κ2) is 7.38. The van der Waals surface area contributed by atoms with Crippen molar-refractivity contribution in [3.8, 4) is 11.5 Å². The van der Waals surface area contributed by atoms with Gasteiger partial charge in [-0.25, -0.2) is 0 Å². The van der Waals surface area contributed by atoms with E-state index in [1.54, 1.807) is 7.11 Å². The third kappa shape index (κ3) is 2.97. The molecule has 0 amide bonds. The van der Waals surface area contributed by atoms with E-state index in [-0.39, 0.29) is 16.8 Å². The van der Waals surface area contributed by atoms with E-state index in [0.29, 0.717) is 42.1 Å². The van der Waals surface area contributed by atoms with Gasteiger partial charge in [0.1, 0.15) is 5.78 Å². The van der Waals surface area contributed by atoms with Crippen LogP contribution in [0, 0.1) is 5.92 Å². The molecule has 6 heteroatoms. The summed E-state index contributed by atoms with van der Waals surface area (Å²) in [6.07, 6.45) is 5.22. The molecule has 1 aromatic carbocycles. The third-order valence-corrected chi connectivity index (χ3v) is 7.98. The third-order valence-electron chi connectivity index (χ3n) is 7.35. The number of halogens is 1. The van der Waals surface area contributed by atoms with Crippen LogP contribution in [-0.2, 0) is 20.4 Å². The monoisotopic (exact) mass is 463 g/mol. The summed E-state index contributed by atoms with van der Waals surface area (Å²) < 4.78 is 12.3. The molecule has 0 heterocycles. The summed E-state index contributed by atoms with van der Waals surface area (Å²) in [5.74, 6) is 1.34.